The second-order valence-corrected chi connectivity index (χ2v) is 5.83. The molecular weight excluding hydrogens is 356 g/mol. The number of benzene rings is 2. The molecule has 0 spiro atoms. The van der Waals surface area contributed by atoms with Crippen LogP contribution in [0.4, 0.5) is 25.0 Å². The fourth-order valence-electron chi connectivity index (χ4n) is 2.63. The lowest BCUT2D eigenvalue weighted by Crippen LogP contribution is -2.26. The highest BCUT2D eigenvalue weighted by Gasteiger charge is 2.20. The van der Waals surface area contributed by atoms with Crippen LogP contribution in [0, 0.1) is 11.6 Å². The number of ether oxygens (including phenoxy) is 1. The summed E-state index contributed by atoms with van der Waals surface area (Å²) < 4.78 is 33.8. The number of amides is 1. The molecule has 6 nitrogen and oxygen atoms in total. The smallest absolute Gasteiger partial charge is 0.411 e. The Bertz CT molecular complexity index is 862. The van der Waals surface area contributed by atoms with E-state index in [-0.39, 0.29) is 24.5 Å². The van der Waals surface area contributed by atoms with Gasteiger partial charge in [-0.1, -0.05) is 35.5 Å². The van der Waals surface area contributed by atoms with Crippen LogP contribution >= 0.6 is 0 Å². The van der Waals surface area contributed by atoms with Gasteiger partial charge in [-0.2, -0.15) is 0 Å². The Hall–Kier alpha value is -3.42. The minimum Gasteiger partial charge on any atom is -0.444 e. The van der Waals surface area contributed by atoms with Crippen molar-refractivity contribution < 1.29 is 23.5 Å². The molecule has 3 rings (SSSR count). The highest BCUT2D eigenvalue weighted by atomic mass is 19.1. The van der Waals surface area contributed by atoms with Gasteiger partial charge in [0.15, 0.2) is 11.6 Å². The van der Waals surface area contributed by atoms with Gasteiger partial charge in [-0.05, 0) is 23.8 Å². The van der Waals surface area contributed by atoms with Crippen molar-refractivity contribution in [3.8, 4) is 0 Å². The molecule has 140 valence electrons. The average Bonchev–Trinajstić information content (AvgIpc) is 2.67. The molecule has 0 aromatic heterocycles. The van der Waals surface area contributed by atoms with E-state index in [1.807, 2.05) is 18.2 Å². The maximum atomic E-state index is 14.4. The molecule has 1 aliphatic heterocycles. The molecule has 2 aromatic carbocycles. The summed E-state index contributed by atoms with van der Waals surface area (Å²) >= 11 is 0. The molecule has 2 aromatic rings. The van der Waals surface area contributed by atoms with E-state index < -0.39 is 17.7 Å². The van der Waals surface area contributed by atoms with E-state index >= 15 is 0 Å². The Balaban J connectivity index is 1.66. The van der Waals surface area contributed by atoms with E-state index in [0.29, 0.717) is 12.1 Å². The average molecular weight is 373 g/mol. The lowest BCUT2D eigenvalue weighted by atomic mass is 10.1. The first-order valence-corrected chi connectivity index (χ1v) is 8.19. The number of halogens is 2. The maximum absolute atomic E-state index is 14.4. The molecule has 8 heteroatoms. The third-order valence-corrected chi connectivity index (χ3v) is 3.95. The predicted molar refractivity (Wildman–Crippen MR) is 96.9 cm³/mol. The van der Waals surface area contributed by atoms with Crippen molar-refractivity contribution >= 4 is 23.2 Å². The lowest BCUT2D eigenvalue weighted by Gasteiger charge is -2.25. The van der Waals surface area contributed by atoms with E-state index in [1.54, 1.807) is 12.1 Å². The number of anilines is 2. The largest absolute Gasteiger partial charge is 0.444 e. The molecule has 0 atom stereocenters. The van der Waals surface area contributed by atoms with Gasteiger partial charge in [-0.25, -0.2) is 13.6 Å². The highest BCUT2D eigenvalue weighted by molar-refractivity contribution is 5.96. The maximum Gasteiger partial charge on any atom is 0.411 e. The molecule has 0 fully saturated rings. The van der Waals surface area contributed by atoms with Crippen molar-refractivity contribution in [3.63, 3.8) is 0 Å². The molecule has 2 N–H and O–H groups in total. The van der Waals surface area contributed by atoms with Crippen LogP contribution in [0.25, 0.3) is 0 Å². The van der Waals surface area contributed by atoms with Gasteiger partial charge < -0.3 is 14.8 Å². The van der Waals surface area contributed by atoms with Gasteiger partial charge in [0.25, 0.3) is 0 Å². The van der Waals surface area contributed by atoms with E-state index in [1.165, 1.54) is 17.2 Å². The van der Waals surface area contributed by atoms with E-state index in [4.69, 9.17) is 9.94 Å². The number of allylic oxidation sites excluding steroid dienone is 1. The summed E-state index contributed by atoms with van der Waals surface area (Å²) in [4.78, 5) is 13.2. The van der Waals surface area contributed by atoms with Crippen LogP contribution in [0.3, 0.4) is 0 Å². The number of hydrogen-bond donors (Lipinski definition) is 2. The molecular formula is C19H17F2N3O3. The molecule has 27 heavy (non-hydrogen) atoms. The predicted octanol–water partition coefficient (Wildman–Crippen LogP) is 4.27. The minimum atomic E-state index is -0.831. The molecule has 0 unspecified atom stereocenters. The summed E-state index contributed by atoms with van der Waals surface area (Å²) in [6.07, 6.45) is 2.43. The zero-order valence-corrected chi connectivity index (χ0v) is 14.2. The number of hydrogen-bond acceptors (Lipinski definition) is 5. The third kappa shape index (κ3) is 4.60. The number of nitrogens with one attached hydrogen (secondary N) is 1. The Kier molecular flexibility index (Phi) is 5.65. The van der Waals surface area contributed by atoms with Crippen LogP contribution in [-0.2, 0) is 11.3 Å². The van der Waals surface area contributed by atoms with Crippen molar-refractivity contribution in [1.29, 1.82) is 0 Å². The summed E-state index contributed by atoms with van der Waals surface area (Å²) in [5, 5.41) is 14.1. The summed E-state index contributed by atoms with van der Waals surface area (Å²) in [6.45, 7) is 0.304. The van der Waals surface area contributed by atoms with E-state index in [0.717, 1.165) is 17.7 Å². The van der Waals surface area contributed by atoms with Crippen LogP contribution in [0.1, 0.15) is 12.0 Å². The monoisotopic (exact) mass is 373 g/mol. The van der Waals surface area contributed by atoms with Gasteiger partial charge in [0.1, 0.15) is 12.3 Å². The molecule has 0 saturated carbocycles. The normalized spacial score (nSPS) is 15.0. The summed E-state index contributed by atoms with van der Waals surface area (Å²) in [5.74, 6) is -1.66. The number of nitrogens with zero attached hydrogens (tertiary/aromatic N) is 2. The molecule has 1 amide bonds. The van der Waals surface area contributed by atoms with Crippen molar-refractivity contribution in [2.75, 3.05) is 16.8 Å². The molecule has 1 aliphatic rings. The van der Waals surface area contributed by atoms with Gasteiger partial charge in [-0.3, -0.25) is 5.32 Å². The zero-order valence-electron chi connectivity index (χ0n) is 14.2. The standard InChI is InChI=1S/C19H17F2N3O3/c20-16-10-15(22-19(25)27-12-13-4-2-1-3-5-13)11-17(21)18(16)24-8-6-14(23-26)7-9-24/h1-6,8,10-11,26H,7,9,12H2,(H,22,25). The van der Waals surface area contributed by atoms with Crippen molar-refractivity contribution in [2.45, 2.75) is 13.0 Å². The second-order valence-electron chi connectivity index (χ2n) is 5.83. The second kappa shape index (κ2) is 8.31. The van der Waals surface area contributed by atoms with E-state index in [2.05, 4.69) is 10.5 Å². The van der Waals surface area contributed by atoms with Crippen molar-refractivity contribution in [3.05, 3.63) is 71.9 Å². The van der Waals surface area contributed by atoms with Crippen LogP contribution in [0.5, 0.6) is 0 Å². The molecule has 0 bridgehead atoms. The summed E-state index contributed by atoms with van der Waals surface area (Å²) in [6, 6.07) is 11.1. The highest BCUT2D eigenvalue weighted by Crippen LogP contribution is 2.29. The molecule has 1 heterocycles. The lowest BCUT2D eigenvalue weighted by molar-refractivity contribution is 0.155. The Morgan fingerprint density at radius 3 is 2.52 bits per heavy atom. The number of oxime groups is 1. The third-order valence-electron chi connectivity index (χ3n) is 3.95. The zero-order chi connectivity index (χ0) is 19.2. The molecule has 0 radical (unpaired) electrons. The topological polar surface area (TPSA) is 74.2 Å². The van der Waals surface area contributed by atoms with Gasteiger partial charge in [-0.15, -0.1) is 0 Å². The Labute approximate surface area is 154 Å². The summed E-state index contributed by atoms with van der Waals surface area (Å²) in [5.41, 5.74) is 0.923. The van der Waals surface area contributed by atoms with Gasteiger partial charge in [0.05, 0.1) is 5.71 Å². The first kappa shape index (κ1) is 18.4. The van der Waals surface area contributed by atoms with Crippen LogP contribution in [0.15, 0.2) is 59.9 Å². The first-order valence-electron chi connectivity index (χ1n) is 8.19. The SMILES string of the molecule is O=C(Nc1cc(F)c(N2C=CC(=NO)CC2)c(F)c1)OCc1ccccc1. The van der Waals surface area contributed by atoms with Gasteiger partial charge >= 0.3 is 6.09 Å². The Morgan fingerprint density at radius 1 is 1.22 bits per heavy atom. The molecule has 0 aliphatic carbocycles. The van der Waals surface area contributed by atoms with Crippen molar-refractivity contribution in [1.82, 2.24) is 0 Å². The first-order chi connectivity index (χ1) is 13.1. The number of rotatable bonds is 4. The quantitative estimate of drug-likeness (QED) is 0.620. The fourth-order valence-corrected chi connectivity index (χ4v) is 2.63. The van der Waals surface area contributed by atoms with Gasteiger partial charge in [0.2, 0.25) is 0 Å². The molecule has 0 saturated heterocycles. The van der Waals surface area contributed by atoms with Crippen molar-refractivity contribution in [2.24, 2.45) is 5.16 Å². The van der Waals surface area contributed by atoms with Crippen LogP contribution in [-0.4, -0.2) is 23.6 Å². The van der Waals surface area contributed by atoms with Crippen LogP contribution in [0.2, 0.25) is 0 Å². The summed E-state index contributed by atoms with van der Waals surface area (Å²) in [7, 11) is 0. The van der Waals surface area contributed by atoms with E-state index in [9.17, 15) is 13.6 Å². The van der Waals surface area contributed by atoms with Crippen LogP contribution < -0.4 is 10.2 Å². The number of carbonyl (C=O) groups excluding carboxylic acids is 1. The minimum absolute atomic E-state index is 0.0447. The Morgan fingerprint density at radius 2 is 1.93 bits per heavy atom. The van der Waals surface area contributed by atoms with Gasteiger partial charge in [0, 0.05) is 24.9 Å². The number of carbonyl (C=O) groups is 1. The fraction of sp³-hybridized carbons (Fsp3) is 0.158.